The Hall–Kier alpha value is -2.83. The Morgan fingerprint density at radius 3 is 2.29 bits per heavy atom. The highest BCUT2D eigenvalue weighted by atomic mass is 35.5. The fourth-order valence-electron chi connectivity index (χ4n) is 2.50. The maximum atomic E-state index is 13.1. The van der Waals surface area contributed by atoms with Gasteiger partial charge in [-0.25, -0.2) is 17.9 Å². The van der Waals surface area contributed by atoms with E-state index >= 15 is 0 Å². The van der Waals surface area contributed by atoms with Crippen molar-refractivity contribution in [2.75, 3.05) is 19.6 Å². The molecular formula is C18H17ClF3N3O5S. The molecular weight excluding hydrogens is 463 g/mol. The number of hydrogen-bond donors (Lipinski definition) is 4. The van der Waals surface area contributed by atoms with Gasteiger partial charge >= 0.3 is 12.3 Å². The summed E-state index contributed by atoms with van der Waals surface area (Å²) in [6.07, 6.45) is -5.93. The summed E-state index contributed by atoms with van der Waals surface area (Å²) in [5, 5.41) is 12.7. The summed E-state index contributed by atoms with van der Waals surface area (Å²) in [5.41, 5.74) is -1.21. The number of nitrogens with one attached hydrogen (secondary N) is 3. The Kier molecular flexibility index (Phi) is 7.87. The maximum Gasteiger partial charge on any atom is 0.416 e. The number of benzene rings is 2. The molecule has 13 heteroatoms. The van der Waals surface area contributed by atoms with E-state index in [0.717, 1.165) is 18.2 Å². The predicted octanol–water partition coefficient (Wildman–Crippen LogP) is 2.69. The quantitative estimate of drug-likeness (QED) is 0.433. The molecule has 0 heterocycles. The Bertz CT molecular complexity index is 1080. The van der Waals surface area contributed by atoms with Crippen LogP contribution >= 0.6 is 11.6 Å². The second-order valence-corrected chi connectivity index (χ2v) is 8.24. The van der Waals surface area contributed by atoms with E-state index in [-0.39, 0.29) is 34.1 Å². The van der Waals surface area contributed by atoms with Crippen LogP contribution in [0, 0.1) is 0 Å². The molecule has 0 spiro atoms. The second-order valence-electron chi connectivity index (χ2n) is 6.09. The van der Waals surface area contributed by atoms with E-state index in [1.807, 2.05) is 5.32 Å². The van der Waals surface area contributed by atoms with Crippen molar-refractivity contribution in [2.24, 2.45) is 0 Å². The average molecular weight is 480 g/mol. The molecule has 8 nitrogen and oxygen atoms in total. The molecule has 2 rings (SSSR count). The highest BCUT2D eigenvalue weighted by molar-refractivity contribution is 7.89. The minimum atomic E-state index is -4.65. The highest BCUT2D eigenvalue weighted by Crippen LogP contribution is 2.38. The molecule has 0 aromatic heterocycles. The van der Waals surface area contributed by atoms with Crippen molar-refractivity contribution in [3.8, 4) is 11.1 Å². The van der Waals surface area contributed by atoms with Crippen LogP contribution in [0.4, 0.5) is 18.0 Å². The molecule has 31 heavy (non-hydrogen) atoms. The first-order valence-electron chi connectivity index (χ1n) is 8.61. The number of rotatable bonds is 8. The van der Waals surface area contributed by atoms with E-state index in [1.54, 1.807) is 0 Å². The van der Waals surface area contributed by atoms with Gasteiger partial charge in [-0.05, 0) is 24.3 Å². The predicted molar refractivity (Wildman–Crippen MR) is 106 cm³/mol. The molecule has 0 fully saturated rings. The van der Waals surface area contributed by atoms with Gasteiger partial charge in [0, 0.05) is 29.2 Å². The van der Waals surface area contributed by atoms with Gasteiger partial charge in [0.25, 0.3) is 0 Å². The van der Waals surface area contributed by atoms with Crippen LogP contribution in [0.2, 0.25) is 5.02 Å². The fourth-order valence-corrected chi connectivity index (χ4v) is 3.92. The lowest BCUT2D eigenvalue weighted by molar-refractivity contribution is -0.137. The molecule has 0 aliphatic carbocycles. The summed E-state index contributed by atoms with van der Waals surface area (Å²) in [5.74, 6) is -0.731. The van der Waals surface area contributed by atoms with Crippen molar-refractivity contribution in [3.05, 3.63) is 53.1 Å². The lowest BCUT2D eigenvalue weighted by Crippen LogP contribution is -2.40. The van der Waals surface area contributed by atoms with Gasteiger partial charge in [-0.3, -0.25) is 4.79 Å². The number of carbonyl (C=O) groups excluding carboxylic acids is 1. The van der Waals surface area contributed by atoms with Gasteiger partial charge in [0.05, 0.1) is 17.0 Å². The minimum absolute atomic E-state index is 0.0662. The Labute approximate surface area is 180 Å². The standard InChI is InChI=1S/C18H17ClF3N3O5S/c19-14-6-5-11(18(20,21)22)9-13(14)12-3-1-2-4-15(12)31(29,30)25-10-16(26)23-7-8-24-17(27)28/h1-6,9,24-25H,7-8,10H2,(H,23,26)(H,27,28). The fraction of sp³-hybridized carbons (Fsp3) is 0.222. The number of alkyl halides is 3. The Morgan fingerprint density at radius 1 is 1.00 bits per heavy atom. The number of sulfonamides is 1. The zero-order chi connectivity index (χ0) is 23.2. The number of halogens is 4. The zero-order valence-corrected chi connectivity index (χ0v) is 17.2. The van der Waals surface area contributed by atoms with Crippen molar-refractivity contribution >= 4 is 33.6 Å². The van der Waals surface area contributed by atoms with Crippen LogP contribution in [0.1, 0.15) is 5.56 Å². The van der Waals surface area contributed by atoms with Crippen LogP contribution in [-0.2, 0) is 21.0 Å². The van der Waals surface area contributed by atoms with Crippen LogP contribution in [0.3, 0.4) is 0 Å². The summed E-state index contributed by atoms with van der Waals surface area (Å²) in [4.78, 5) is 21.7. The topological polar surface area (TPSA) is 125 Å². The van der Waals surface area contributed by atoms with Crippen molar-refractivity contribution in [2.45, 2.75) is 11.1 Å². The molecule has 0 aliphatic rings. The zero-order valence-electron chi connectivity index (χ0n) is 15.7. The second kappa shape index (κ2) is 9.98. The molecule has 0 unspecified atom stereocenters. The van der Waals surface area contributed by atoms with Crippen LogP contribution in [-0.4, -0.2) is 45.2 Å². The number of carbonyl (C=O) groups is 2. The number of hydrogen-bond acceptors (Lipinski definition) is 4. The van der Waals surface area contributed by atoms with E-state index in [0.29, 0.717) is 0 Å². The summed E-state index contributed by atoms with van der Waals surface area (Å²) < 4.78 is 66.7. The summed E-state index contributed by atoms with van der Waals surface area (Å²) >= 11 is 6.03. The Balaban J connectivity index is 2.23. The summed E-state index contributed by atoms with van der Waals surface area (Å²) in [6, 6.07) is 7.83. The van der Waals surface area contributed by atoms with Gasteiger partial charge in [-0.1, -0.05) is 29.8 Å². The minimum Gasteiger partial charge on any atom is -0.465 e. The molecule has 0 radical (unpaired) electrons. The first kappa shape index (κ1) is 24.4. The van der Waals surface area contributed by atoms with Crippen LogP contribution in [0.15, 0.2) is 47.4 Å². The largest absolute Gasteiger partial charge is 0.465 e. The smallest absolute Gasteiger partial charge is 0.416 e. The molecule has 0 atom stereocenters. The number of carboxylic acid groups (broad SMARTS) is 1. The molecule has 4 N–H and O–H groups in total. The third-order valence-electron chi connectivity index (χ3n) is 3.91. The first-order chi connectivity index (χ1) is 14.4. The molecule has 0 saturated heterocycles. The van der Waals surface area contributed by atoms with Crippen molar-refractivity contribution in [3.63, 3.8) is 0 Å². The van der Waals surface area contributed by atoms with E-state index in [4.69, 9.17) is 16.7 Å². The monoisotopic (exact) mass is 479 g/mol. The summed E-state index contributed by atoms with van der Waals surface area (Å²) in [7, 11) is -4.30. The normalized spacial score (nSPS) is 11.7. The SMILES string of the molecule is O=C(O)NCCNC(=O)CNS(=O)(=O)c1ccccc1-c1cc(C(F)(F)F)ccc1Cl. The first-order valence-corrected chi connectivity index (χ1v) is 10.5. The number of amides is 2. The van der Waals surface area contributed by atoms with Crippen LogP contribution in [0.25, 0.3) is 11.1 Å². The van der Waals surface area contributed by atoms with Crippen LogP contribution < -0.4 is 15.4 Å². The molecule has 2 aromatic rings. The molecule has 0 aliphatic heterocycles. The highest BCUT2D eigenvalue weighted by Gasteiger charge is 2.31. The molecule has 2 aromatic carbocycles. The van der Waals surface area contributed by atoms with Gasteiger partial charge in [-0.15, -0.1) is 0 Å². The van der Waals surface area contributed by atoms with Crippen molar-refractivity contribution in [1.29, 1.82) is 0 Å². The maximum absolute atomic E-state index is 13.1. The molecule has 168 valence electrons. The lowest BCUT2D eigenvalue weighted by atomic mass is 10.0. The molecule has 0 bridgehead atoms. The van der Waals surface area contributed by atoms with Crippen LogP contribution in [0.5, 0.6) is 0 Å². The van der Waals surface area contributed by atoms with E-state index in [1.165, 1.54) is 24.3 Å². The lowest BCUT2D eigenvalue weighted by Gasteiger charge is -2.15. The van der Waals surface area contributed by atoms with E-state index in [2.05, 4.69) is 10.0 Å². The van der Waals surface area contributed by atoms with Gasteiger partial charge in [-0.2, -0.15) is 13.2 Å². The molecule has 0 saturated carbocycles. The van der Waals surface area contributed by atoms with Gasteiger partial charge in [0.2, 0.25) is 15.9 Å². The van der Waals surface area contributed by atoms with Gasteiger partial charge < -0.3 is 15.7 Å². The Morgan fingerprint density at radius 2 is 1.65 bits per heavy atom. The van der Waals surface area contributed by atoms with Crippen molar-refractivity contribution < 1.29 is 36.3 Å². The van der Waals surface area contributed by atoms with Gasteiger partial charge in [0.15, 0.2) is 0 Å². The molecule has 2 amide bonds. The van der Waals surface area contributed by atoms with E-state index < -0.39 is 40.3 Å². The third kappa shape index (κ3) is 6.84. The summed E-state index contributed by atoms with van der Waals surface area (Å²) in [6.45, 7) is -0.811. The van der Waals surface area contributed by atoms with E-state index in [9.17, 15) is 31.2 Å². The van der Waals surface area contributed by atoms with Crippen molar-refractivity contribution in [1.82, 2.24) is 15.4 Å². The average Bonchev–Trinajstić information content (AvgIpc) is 2.69. The van der Waals surface area contributed by atoms with Gasteiger partial charge in [0.1, 0.15) is 0 Å². The third-order valence-corrected chi connectivity index (χ3v) is 5.70.